The number of hydrogen-bond acceptors (Lipinski definition) is 3. The summed E-state index contributed by atoms with van der Waals surface area (Å²) in [5.41, 5.74) is 9.83. The van der Waals surface area contributed by atoms with E-state index in [2.05, 4.69) is 35.5 Å². The van der Waals surface area contributed by atoms with Gasteiger partial charge in [-0.1, -0.05) is 18.7 Å². The van der Waals surface area contributed by atoms with Crippen LogP contribution in [-0.4, -0.2) is 7.05 Å². The van der Waals surface area contributed by atoms with Crippen LogP contribution in [0.2, 0.25) is 0 Å². The van der Waals surface area contributed by atoms with Gasteiger partial charge in [0.25, 0.3) is 0 Å². The van der Waals surface area contributed by atoms with Gasteiger partial charge in [-0.2, -0.15) is 0 Å². The minimum atomic E-state index is 0.748. The Morgan fingerprint density at radius 1 is 1.44 bits per heavy atom. The monoisotopic (exact) mass is 230 g/mol. The molecule has 0 amide bonds. The zero-order valence-electron chi connectivity index (χ0n) is 9.16. The molecular weight excluding hydrogens is 216 g/mol. The molecule has 0 saturated heterocycles. The van der Waals surface area contributed by atoms with Crippen molar-refractivity contribution in [1.29, 1.82) is 0 Å². The van der Waals surface area contributed by atoms with Crippen LogP contribution in [0.3, 0.4) is 0 Å². The summed E-state index contributed by atoms with van der Waals surface area (Å²) in [5, 5.41) is 5.17. The Morgan fingerprint density at radius 3 is 2.81 bits per heavy atom. The van der Waals surface area contributed by atoms with Gasteiger partial charge in [-0.25, -0.2) is 0 Å². The topological polar surface area (TPSA) is 38.0 Å². The van der Waals surface area contributed by atoms with Crippen molar-refractivity contribution in [3.63, 3.8) is 0 Å². The van der Waals surface area contributed by atoms with E-state index in [9.17, 15) is 0 Å². The zero-order valence-corrected chi connectivity index (χ0v) is 9.97. The molecule has 2 nitrogen and oxygen atoms in total. The highest BCUT2D eigenvalue weighted by Gasteiger charge is 2.06. The summed E-state index contributed by atoms with van der Waals surface area (Å²) >= 11 is 1.72. The van der Waals surface area contributed by atoms with Gasteiger partial charge in [-0.3, -0.25) is 0 Å². The summed E-state index contributed by atoms with van der Waals surface area (Å²) < 4.78 is 0. The van der Waals surface area contributed by atoms with E-state index < -0.39 is 0 Å². The number of nitrogens with two attached hydrogens (primary N) is 1. The quantitative estimate of drug-likeness (QED) is 0.789. The van der Waals surface area contributed by atoms with Crippen LogP contribution in [0.5, 0.6) is 0 Å². The van der Waals surface area contributed by atoms with Crippen molar-refractivity contribution in [2.24, 2.45) is 0 Å². The number of rotatable bonds is 3. The van der Waals surface area contributed by atoms with Crippen LogP contribution in [0.25, 0.3) is 16.5 Å². The van der Waals surface area contributed by atoms with Crippen LogP contribution in [-0.2, 0) is 0 Å². The first-order valence-corrected chi connectivity index (χ1v) is 5.92. The molecule has 0 fully saturated rings. The molecule has 2 rings (SSSR count). The third-order valence-corrected chi connectivity index (χ3v) is 3.43. The van der Waals surface area contributed by atoms with Crippen LogP contribution >= 0.6 is 11.3 Å². The summed E-state index contributed by atoms with van der Waals surface area (Å²) in [5.74, 6) is 0. The van der Waals surface area contributed by atoms with Gasteiger partial charge in [0.05, 0.1) is 11.4 Å². The van der Waals surface area contributed by atoms with Gasteiger partial charge in [0.15, 0.2) is 0 Å². The number of benzene rings is 1. The summed E-state index contributed by atoms with van der Waals surface area (Å²) in [6.07, 6.45) is 1.78. The summed E-state index contributed by atoms with van der Waals surface area (Å²) in [4.78, 5) is 1.24. The Hall–Kier alpha value is -1.74. The average molecular weight is 230 g/mol. The summed E-state index contributed by atoms with van der Waals surface area (Å²) in [6.45, 7) is 3.79. The van der Waals surface area contributed by atoms with E-state index >= 15 is 0 Å². The van der Waals surface area contributed by atoms with Crippen LogP contribution < -0.4 is 11.1 Å². The number of thiophene rings is 1. The molecule has 0 saturated carbocycles. The van der Waals surface area contributed by atoms with E-state index in [0.717, 1.165) is 16.9 Å². The molecule has 0 unspecified atom stereocenters. The van der Waals surface area contributed by atoms with Crippen molar-refractivity contribution in [1.82, 2.24) is 0 Å². The van der Waals surface area contributed by atoms with Crippen LogP contribution in [0.15, 0.2) is 36.2 Å². The lowest BCUT2D eigenvalue weighted by atomic mass is 10.1. The number of nitrogen functional groups attached to an aromatic ring is 1. The molecule has 0 aliphatic rings. The van der Waals surface area contributed by atoms with Crippen molar-refractivity contribution in [2.75, 3.05) is 18.1 Å². The van der Waals surface area contributed by atoms with Crippen LogP contribution in [0.4, 0.5) is 11.4 Å². The molecule has 16 heavy (non-hydrogen) atoms. The maximum absolute atomic E-state index is 6.00. The molecular formula is C13H14N2S. The lowest BCUT2D eigenvalue weighted by molar-refractivity contribution is 1.50. The minimum Gasteiger partial charge on any atom is -0.397 e. The molecule has 0 bridgehead atoms. The lowest BCUT2D eigenvalue weighted by Crippen LogP contribution is -1.98. The zero-order chi connectivity index (χ0) is 11.5. The molecule has 0 aliphatic heterocycles. The Kier molecular flexibility index (Phi) is 2.97. The van der Waals surface area contributed by atoms with Crippen molar-refractivity contribution in [3.8, 4) is 10.4 Å². The standard InChI is InChI=1S/C13H14N2S/c1-3-9-7-10(12-5-4-6-16-12)8-11(15-2)13(9)14/h3-8,15H,1,14H2,2H3. The minimum absolute atomic E-state index is 0.748. The Bertz CT molecular complexity index is 501. The molecule has 1 heterocycles. The normalized spacial score (nSPS) is 10.1. The first-order valence-electron chi connectivity index (χ1n) is 5.04. The fourth-order valence-electron chi connectivity index (χ4n) is 1.64. The van der Waals surface area contributed by atoms with Gasteiger partial charge in [-0.15, -0.1) is 11.3 Å². The van der Waals surface area contributed by atoms with Gasteiger partial charge in [0.1, 0.15) is 0 Å². The highest BCUT2D eigenvalue weighted by Crippen LogP contribution is 2.33. The summed E-state index contributed by atoms with van der Waals surface area (Å²) in [6, 6.07) is 8.27. The smallest absolute Gasteiger partial charge is 0.0623 e. The summed E-state index contributed by atoms with van der Waals surface area (Å²) in [7, 11) is 1.87. The van der Waals surface area contributed by atoms with Gasteiger partial charge in [0.2, 0.25) is 0 Å². The van der Waals surface area contributed by atoms with E-state index in [1.54, 1.807) is 17.4 Å². The van der Waals surface area contributed by atoms with E-state index in [1.165, 1.54) is 10.4 Å². The van der Waals surface area contributed by atoms with Crippen LogP contribution in [0, 0.1) is 0 Å². The SMILES string of the molecule is C=Cc1cc(-c2cccs2)cc(NC)c1N. The molecule has 0 aliphatic carbocycles. The van der Waals surface area contributed by atoms with Crippen molar-refractivity contribution in [2.45, 2.75) is 0 Å². The van der Waals surface area contributed by atoms with E-state index in [1.807, 2.05) is 13.1 Å². The Morgan fingerprint density at radius 2 is 2.25 bits per heavy atom. The second-order valence-electron chi connectivity index (χ2n) is 3.46. The van der Waals surface area contributed by atoms with Gasteiger partial charge < -0.3 is 11.1 Å². The molecule has 3 heteroatoms. The molecule has 0 spiro atoms. The van der Waals surface area contributed by atoms with Gasteiger partial charge in [0, 0.05) is 11.9 Å². The molecule has 3 N–H and O–H groups in total. The fraction of sp³-hybridized carbons (Fsp3) is 0.0769. The maximum atomic E-state index is 6.00. The lowest BCUT2D eigenvalue weighted by Gasteiger charge is -2.10. The van der Waals surface area contributed by atoms with Gasteiger partial charge >= 0.3 is 0 Å². The van der Waals surface area contributed by atoms with Crippen LogP contribution in [0.1, 0.15) is 5.56 Å². The first-order chi connectivity index (χ1) is 7.76. The molecule has 0 radical (unpaired) electrons. The number of nitrogens with one attached hydrogen (secondary N) is 1. The second-order valence-corrected chi connectivity index (χ2v) is 4.41. The molecule has 1 aromatic heterocycles. The second kappa shape index (κ2) is 4.41. The molecule has 2 aromatic rings. The first kappa shape index (κ1) is 10.8. The predicted molar refractivity (Wildman–Crippen MR) is 73.8 cm³/mol. The largest absolute Gasteiger partial charge is 0.397 e. The Labute approximate surface area is 99.4 Å². The van der Waals surface area contributed by atoms with E-state index in [4.69, 9.17) is 5.73 Å². The highest BCUT2D eigenvalue weighted by atomic mass is 32.1. The average Bonchev–Trinajstić information content (AvgIpc) is 2.83. The Balaban J connectivity index is 2.60. The highest BCUT2D eigenvalue weighted by molar-refractivity contribution is 7.13. The number of anilines is 2. The van der Waals surface area contributed by atoms with E-state index in [-0.39, 0.29) is 0 Å². The third-order valence-electron chi connectivity index (χ3n) is 2.51. The van der Waals surface area contributed by atoms with Crippen molar-refractivity contribution in [3.05, 3.63) is 41.8 Å². The third kappa shape index (κ3) is 1.82. The fourth-order valence-corrected chi connectivity index (χ4v) is 2.35. The molecule has 82 valence electrons. The molecule has 1 aromatic carbocycles. The number of hydrogen-bond donors (Lipinski definition) is 2. The maximum Gasteiger partial charge on any atom is 0.0623 e. The van der Waals surface area contributed by atoms with Crippen molar-refractivity contribution < 1.29 is 0 Å². The predicted octanol–water partition coefficient (Wildman–Crippen LogP) is 3.68. The van der Waals surface area contributed by atoms with E-state index in [0.29, 0.717) is 0 Å². The molecule has 0 atom stereocenters. The van der Waals surface area contributed by atoms with Crippen molar-refractivity contribution >= 4 is 28.8 Å². The van der Waals surface area contributed by atoms with Gasteiger partial charge in [-0.05, 0) is 34.7 Å².